The van der Waals surface area contributed by atoms with E-state index in [1.165, 1.54) is 12.1 Å². The van der Waals surface area contributed by atoms with Crippen molar-refractivity contribution in [3.63, 3.8) is 0 Å². The summed E-state index contributed by atoms with van der Waals surface area (Å²) in [5.41, 5.74) is -0.295. The van der Waals surface area contributed by atoms with Gasteiger partial charge in [-0.1, -0.05) is 18.2 Å². The molecule has 2 aliphatic heterocycles. The highest BCUT2D eigenvalue weighted by molar-refractivity contribution is 5.30. The van der Waals surface area contributed by atoms with Crippen LogP contribution in [0.2, 0.25) is 0 Å². The lowest BCUT2D eigenvalue weighted by atomic mass is 9.80. The van der Waals surface area contributed by atoms with Crippen molar-refractivity contribution in [3.05, 3.63) is 35.4 Å². The molecule has 104 valence electrons. The average Bonchev–Trinajstić information content (AvgIpc) is 2.63. The number of nitrogens with zero attached hydrogens (tertiary/aromatic N) is 1. The third-order valence-electron chi connectivity index (χ3n) is 4.81. The maximum Gasteiger partial charge on any atom is 0.263 e. The van der Waals surface area contributed by atoms with E-state index in [0.29, 0.717) is 30.5 Å². The van der Waals surface area contributed by atoms with Gasteiger partial charge in [-0.25, -0.2) is 8.78 Å². The molecular weight excluding hydrogens is 248 g/mol. The monoisotopic (exact) mass is 267 g/mol. The Bertz CT molecular complexity index is 463. The maximum atomic E-state index is 12.8. The van der Waals surface area contributed by atoms with Crippen molar-refractivity contribution in [2.24, 2.45) is 0 Å². The second-order valence-electron chi connectivity index (χ2n) is 5.92. The Kier molecular flexibility index (Phi) is 3.10. The number of halogens is 2. The minimum atomic E-state index is -2.48. The largest absolute Gasteiger partial charge is 0.385 e. The highest BCUT2D eigenvalue weighted by atomic mass is 19.3. The van der Waals surface area contributed by atoms with Crippen LogP contribution in [0, 0.1) is 0 Å². The Morgan fingerprint density at radius 3 is 2.47 bits per heavy atom. The molecule has 2 fully saturated rings. The summed E-state index contributed by atoms with van der Waals surface area (Å²) in [5, 5.41) is 10.9. The lowest BCUT2D eigenvalue weighted by Gasteiger charge is -2.42. The highest BCUT2D eigenvalue weighted by Gasteiger charge is 2.46. The molecule has 0 aromatic heterocycles. The number of alkyl halides is 2. The fraction of sp³-hybridized carbons (Fsp3) is 0.600. The van der Waals surface area contributed by atoms with E-state index in [-0.39, 0.29) is 5.56 Å². The van der Waals surface area contributed by atoms with Crippen molar-refractivity contribution in [2.75, 3.05) is 7.05 Å². The summed E-state index contributed by atoms with van der Waals surface area (Å²) in [6.45, 7) is 0. The summed E-state index contributed by atoms with van der Waals surface area (Å²) in [5.74, 6) is 0. The first-order chi connectivity index (χ1) is 8.99. The third-order valence-corrected chi connectivity index (χ3v) is 4.81. The van der Waals surface area contributed by atoms with Gasteiger partial charge in [-0.3, -0.25) is 0 Å². The van der Waals surface area contributed by atoms with Crippen LogP contribution in [-0.2, 0) is 5.60 Å². The summed E-state index contributed by atoms with van der Waals surface area (Å²) < 4.78 is 25.6. The Morgan fingerprint density at radius 1 is 1.26 bits per heavy atom. The van der Waals surface area contributed by atoms with E-state index in [4.69, 9.17) is 0 Å². The molecule has 2 atom stereocenters. The van der Waals surface area contributed by atoms with Crippen molar-refractivity contribution in [1.29, 1.82) is 0 Å². The van der Waals surface area contributed by atoms with Gasteiger partial charge in [-0.05, 0) is 44.4 Å². The highest BCUT2D eigenvalue weighted by Crippen LogP contribution is 2.45. The van der Waals surface area contributed by atoms with Crippen molar-refractivity contribution < 1.29 is 13.9 Å². The molecule has 1 aromatic rings. The number of piperidine rings is 1. The van der Waals surface area contributed by atoms with Crippen LogP contribution in [0.4, 0.5) is 8.78 Å². The van der Waals surface area contributed by atoms with Crippen LogP contribution in [0.25, 0.3) is 0 Å². The van der Waals surface area contributed by atoms with Crippen LogP contribution in [-0.4, -0.2) is 29.1 Å². The van der Waals surface area contributed by atoms with Gasteiger partial charge in [0.05, 0.1) is 5.60 Å². The predicted molar refractivity (Wildman–Crippen MR) is 69.1 cm³/mol. The summed E-state index contributed by atoms with van der Waals surface area (Å²) in [4.78, 5) is 2.32. The molecule has 2 nitrogen and oxygen atoms in total. The Labute approximate surface area is 112 Å². The van der Waals surface area contributed by atoms with Crippen LogP contribution in [0.15, 0.2) is 24.3 Å². The first-order valence-corrected chi connectivity index (χ1v) is 6.82. The van der Waals surface area contributed by atoms with Crippen molar-refractivity contribution in [1.82, 2.24) is 4.90 Å². The molecule has 2 heterocycles. The van der Waals surface area contributed by atoms with Crippen LogP contribution >= 0.6 is 0 Å². The van der Waals surface area contributed by atoms with Gasteiger partial charge in [0, 0.05) is 17.6 Å². The molecule has 19 heavy (non-hydrogen) atoms. The molecule has 2 bridgehead atoms. The van der Waals surface area contributed by atoms with Gasteiger partial charge >= 0.3 is 0 Å². The molecule has 0 saturated carbocycles. The van der Waals surface area contributed by atoms with Gasteiger partial charge in [-0.15, -0.1) is 0 Å². The van der Waals surface area contributed by atoms with E-state index in [2.05, 4.69) is 11.9 Å². The minimum Gasteiger partial charge on any atom is -0.385 e. The first-order valence-electron chi connectivity index (χ1n) is 6.82. The molecule has 2 saturated heterocycles. The summed E-state index contributed by atoms with van der Waals surface area (Å²) in [6, 6.07) is 7.03. The predicted octanol–water partition coefficient (Wildman–Crippen LogP) is 3.07. The van der Waals surface area contributed by atoms with E-state index in [0.717, 1.165) is 12.8 Å². The molecule has 1 aromatic carbocycles. The molecule has 0 radical (unpaired) electrons. The number of hydrogen-bond acceptors (Lipinski definition) is 2. The molecule has 2 aliphatic rings. The second-order valence-corrected chi connectivity index (χ2v) is 5.92. The number of aliphatic hydroxyl groups is 1. The average molecular weight is 267 g/mol. The fourth-order valence-corrected chi connectivity index (χ4v) is 3.64. The Morgan fingerprint density at radius 2 is 1.89 bits per heavy atom. The van der Waals surface area contributed by atoms with Crippen LogP contribution in [0.3, 0.4) is 0 Å². The van der Waals surface area contributed by atoms with Gasteiger partial charge in [-0.2, -0.15) is 0 Å². The van der Waals surface area contributed by atoms with Crippen molar-refractivity contribution in [3.8, 4) is 0 Å². The SMILES string of the molecule is CN1C2CCC1CC(O)(c1cccc(C(F)F)c1)C2. The number of fused-ring (bicyclic) bond motifs is 2. The smallest absolute Gasteiger partial charge is 0.263 e. The maximum absolute atomic E-state index is 12.8. The van der Waals surface area contributed by atoms with E-state index in [1.54, 1.807) is 12.1 Å². The van der Waals surface area contributed by atoms with Crippen LogP contribution in [0.1, 0.15) is 43.2 Å². The summed E-state index contributed by atoms with van der Waals surface area (Å²) in [6.07, 6.45) is 1.00. The van der Waals surface area contributed by atoms with E-state index >= 15 is 0 Å². The lowest BCUT2D eigenvalue weighted by molar-refractivity contribution is -0.0494. The molecule has 0 amide bonds. The molecule has 0 aliphatic carbocycles. The molecule has 3 rings (SSSR count). The standard InChI is InChI=1S/C15H19F2NO/c1-18-12-5-6-13(18)9-15(19,8-12)11-4-2-3-10(7-11)14(16)17/h2-4,7,12-14,19H,5-6,8-9H2,1H3. The van der Waals surface area contributed by atoms with E-state index in [1.807, 2.05) is 0 Å². The van der Waals surface area contributed by atoms with Gasteiger partial charge in [0.25, 0.3) is 6.43 Å². The normalized spacial score (nSPS) is 35.0. The van der Waals surface area contributed by atoms with Crippen LogP contribution in [0.5, 0.6) is 0 Å². The number of rotatable bonds is 2. The molecule has 1 N–H and O–H groups in total. The van der Waals surface area contributed by atoms with Crippen molar-refractivity contribution >= 4 is 0 Å². The molecular formula is C15H19F2NO. The zero-order valence-corrected chi connectivity index (χ0v) is 11.0. The topological polar surface area (TPSA) is 23.5 Å². The van der Waals surface area contributed by atoms with E-state index in [9.17, 15) is 13.9 Å². The molecule has 2 unspecified atom stereocenters. The Hall–Kier alpha value is -1.00. The quantitative estimate of drug-likeness (QED) is 0.890. The van der Waals surface area contributed by atoms with Crippen LogP contribution < -0.4 is 0 Å². The molecule has 0 spiro atoms. The summed E-state index contributed by atoms with van der Waals surface area (Å²) >= 11 is 0. The number of hydrogen-bond donors (Lipinski definition) is 1. The van der Waals surface area contributed by atoms with Gasteiger partial charge in [0.2, 0.25) is 0 Å². The number of benzene rings is 1. The zero-order valence-electron chi connectivity index (χ0n) is 11.0. The Balaban J connectivity index is 1.91. The van der Waals surface area contributed by atoms with E-state index < -0.39 is 12.0 Å². The van der Waals surface area contributed by atoms with Crippen molar-refractivity contribution in [2.45, 2.75) is 49.8 Å². The first kappa shape index (κ1) is 13.0. The van der Waals surface area contributed by atoms with Gasteiger partial charge < -0.3 is 10.0 Å². The van der Waals surface area contributed by atoms with Gasteiger partial charge in [0.15, 0.2) is 0 Å². The summed E-state index contributed by atoms with van der Waals surface area (Å²) in [7, 11) is 2.09. The second kappa shape index (κ2) is 4.53. The lowest BCUT2D eigenvalue weighted by Crippen LogP contribution is -2.47. The third kappa shape index (κ3) is 2.17. The van der Waals surface area contributed by atoms with Gasteiger partial charge in [0.1, 0.15) is 0 Å². The minimum absolute atomic E-state index is 0.00259. The molecule has 4 heteroatoms. The fourth-order valence-electron chi connectivity index (χ4n) is 3.64. The zero-order chi connectivity index (χ0) is 13.6.